The number of thiophene rings is 1. The van der Waals surface area contributed by atoms with E-state index in [-0.39, 0.29) is 23.8 Å². The maximum Gasteiger partial charge on any atom is 0.261 e. The minimum absolute atomic E-state index is 0.0543. The fourth-order valence-electron chi connectivity index (χ4n) is 3.25. The Labute approximate surface area is 174 Å². The van der Waals surface area contributed by atoms with Crippen molar-refractivity contribution in [3.63, 3.8) is 0 Å². The molecule has 2 heterocycles. The molecule has 0 spiro atoms. The second-order valence-corrected chi connectivity index (χ2v) is 8.64. The molecule has 1 aromatic heterocycles. The Balaban J connectivity index is 1.25. The highest BCUT2D eigenvalue weighted by molar-refractivity contribution is 7.18. The van der Waals surface area contributed by atoms with Crippen molar-refractivity contribution in [1.82, 2.24) is 5.32 Å². The molecule has 2 fully saturated rings. The Kier molecular flexibility index (Phi) is 6.59. The Hall–Kier alpha value is -2.22. The van der Waals surface area contributed by atoms with E-state index in [1.54, 1.807) is 12.1 Å². The molecule has 4 rings (SSSR count). The number of hydrogen-bond donors (Lipinski definition) is 2. The number of amides is 2. The van der Waals surface area contributed by atoms with Gasteiger partial charge in [-0.15, -0.1) is 11.3 Å². The van der Waals surface area contributed by atoms with Crippen LogP contribution in [0, 0.1) is 5.92 Å². The molecule has 6 nitrogen and oxygen atoms in total. The highest BCUT2D eigenvalue weighted by atomic mass is 32.1. The molecule has 2 amide bonds. The topological polar surface area (TPSA) is 76.7 Å². The first-order valence-electron chi connectivity index (χ1n) is 10.1. The molecule has 1 saturated heterocycles. The standard InChI is InChI=1S/C22H26N2O4S/c25-21(17-4-5-17)24-20-7-6-19(29-20)22(26)23-13-15-2-1-3-16(12-15)14-28-18-8-10-27-11-9-18/h1-3,6-7,12,17-18H,4-5,8-11,13-14H2,(H,23,26)(H,24,25). The second-order valence-electron chi connectivity index (χ2n) is 7.55. The van der Waals surface area contributed by atoms with Crippen LogP contribution >= 0.6 is 11.3 Å². The molecular weight excluding hydrogens is 388 g/mol. The van der Waals surface area contributed by atoms with Gasteiger partial charge in [0.15, 0.2) is 0 Å². The summed E-state index contributed by atoms with van der Waals surface area (Å²) < 4.78 is 11.3. The van der Waals surface area contributed by atoms with Crippen molar-refractivity contribution in [1.29, 1.82) is 0 Å². The lowest BCUT2D eigenvalue weighted by atomic mass is 10.1. The molecule has 1 aliphatic heterocycles. The van der Waals surface area contributed by atoms with E-state index in [1.807, 2.05) is 18.2 Å². The minimum Gasteiger partial charge on any atom is -0.381 e. The van der Waals surface area contributed by atoms with Crippen LogP contribution in [-0.4, -0.2) is 31.1 Å². The van der Waals surface area contributed by atoms with E-state index in [0.717, 1.165) is 55.0 Å². The zero-order chi connectivity index (χ0) is 20.1. The van der Waals surface area contributed by atoms with Gasteiger partial charge in [0, 0.05) is 25.7 Å². The molecule has 1 aromatic carbocycles. The molecule has 1 aliphatic carbocycles. The number of hydrogen-bond acceptors (Lipinski definition) is 5. The third kappa shape index (κ3) is 5.88. The molecule has 154 valence electrons. The molecule has 2 N–H and O–H groups in total. The van der Waals surface area contributed by atoms with Gasteiger partial charge in [-0.2, -0.15) is 0 Å². The molecule has 0 unspecified atom stereocenters. The lowest BCUT2D eigenvalue weighted by Crippen LogP contribution is -2.23. The third-order valence-corrected chi connectivity index (χ3v) is 6.12. The molecule has 2 aromatic rings. The number of ether oxygens (including phenoxy) is 2. The number of anilines is 1. The Bertz CT molecular complexity index is 856. The van der Waals surface area contributed by atoms with E-state index in [0.29, 0.717) is 18.0 Å². The van der Waals surface area contributed by atoms with E-state index >= 15 is 0 Å². The largest absolute Gasteiger partial charge is 0.381 e. The Morgan fingerprint density at radius 3 is 2.66 bits per heavy atom. The average Bonchev–Trinajstić information content (AvgIpc) is 3.51. The van der Waals surface area contributed by atoms with Crippen molar-refractivity contribution in [3.05, 3.63) is 52.4 Å². The van der Waals surface area contributed by atoms with E-state index in [4.69, 9.17) is 9.47 Å². The van der Waals surface area contributed by atoms with Crippen molar-refractivity contribution in [2.45, 2.75) is 44.9 Å². The number of benzene rings is 1. The van der Waals surface area contributed by atoms with Crippen LogP contribution in [0.15, 0.2) is 36.4 Å². The van der Waals surface area contributed by atoms with Gasteiger partial charge in [-0.25, -0.2) is 0 Å². The molecule has 7 heteroatoms. The Morgan fingerprint density at radius 2 is 1.86 bits per heavy atom. The number of rotatable bonds is 8. The predicted molar refractivity (Wildman–Crippen MR) is 112 cm³/mol. The van der Waals surface area contributed by atoms with Gasteiger partial charge < -0.3 is 20.1 Å². The van der Waals surface area contributed by atoms with Crippen molar-refractivity contribution in [2.24, 2.45) is 5.92 Å². The zero-order valence-electron chi connectivity index (χ0n) is 16.3. The van der Waals surface area contributed by atoms with Gasteiger partial charge >= 0.3 is 0 Å². The highest BCUT2D eigenvalue weighted by Crippen LogP contribution is 2.31. The van der Waals surface area contributed by atoms with Gasteiger partial charge in [0.05, 0.1) is 22.6 Å². The molecule has 2 aliphatic rings. The van der Waals surface area contributed by atoms with E-state index in [2.05, 4.69) is 16.7 Å². The summed E-state index contributed by atoms with van der Waals surface area (Å²) in [5, 5.41) is 6.55. The first kappa shape index (κ1) is 20.1. The summed E-state index contributed by atoms with van der Waals surface area (Å²) in [7, 11) is 0. The van der Waals surface area contributed by atoms with Crippen molar-refractivity contribution >= 4 is 28.2 Å². The lowest BCUT2D eigenvalue weighted by molar-refractivity contribution is -0.117. The summed E-state index contributed by atoms with van der Waals surface area (Å²) in [5.74, 6) is 0.0708. The van der Waals surface area contributed by atoms with Crippen molar-refractivity contribution in [3.8, 4) is 0 Å². The van der Waals surface area contributed by atoms with E-state index < -0.39 is 0 Å². The third-order valence-electron chi connectivity index (χ3n) is 5.12. The smallest absolute Gasteiger partial charge is 0.261 e. The van der Waals surface area contributed by atoms with Gasteiger partial charge in [0.25, 0.3) is 5.91 Å². The fourth-order valence-corrected chi connectivity index (χ4v) is 4.08. The van der Waals surface area contributed by atoms with Crippen LogP contribution in [0.5, 0.6) is 0 Å². The zero-order valence-corrected chi connectivity index (χ0v) is 17.1. The monoisotopic (exact) mass is 414 g/mol. The summed E-state index contributed by atoms with van der Waals surface area (Å²) in [6.07, 6.45) is 4.08. The molecular formula is C22H26N2O4S. The van der Waals surface area contributed by atoms with Crippen LogP contribution in [0.1, 0.15) is 46.5 Å². The SMILES string of the molecule is O=C(NCc1cccc(COC2CCOCC2)c1)c1ccc(NC(=O)C2CC2)s1. The molecule has 29 heavy (non-hydrogen) atoms. The van der Waals surface area contributed by atoms with Crippen LogP contribution < -0.4 is 10.6 Å². The van der Waals surface area contributed by atoms with Gasteiger partial charge in [-0.3, -0.25) is 9.59 Å². The number of carbonyl (C=O) groups excluding carboxylic acids is 2. The average molecular weight is 415 g/mol. The van der Waals surface area contributed by atoms with Crippen LogP contribution in [0.25, 0.3) is 0 Å². The van der Waals surface area contributed by atoms with E-state index in [1.165, 1.54) is 11.3 Å². The first-order chi connectivity index (χ1) is 14.2. The summed E-state index contributed by atoms with van der Waals surface area (Å²) in [5.41, 5.74) is 2.13. The minimum atomic E-state index is -0.134. The van der Waals surface area contributed by atoms with Gasteiger partial charge in [0.2, 0.25) is 5.91 Å². The maximum absolute atomic E-state index is 12.4. The van der Waals surface area contributed by atoms with Gasteiger partial charge in [-0.1, -0.05) is 24.3 Å². The van der Waals surface area contributed by atoms with Crippen molar-refractivity contribution in [2.75, 3.05) is 18.5 Å². The molecule has 0 atom stereocenters. The summed E-state index contributed by atoms with van der Waals surface area (Å²) in [6, 6.07) is 11.6. The molecule has 0 bridgehead atoms. The molecule has 0 radical (unpaired) electrons. The van der Waals surface area contributed by atoms with Gasteiger partial charge in [0.1, 0.15) is 0 Å². The summed E-state index contributed by atoms with van der Waals surface area (Å²) in [6.45, 7) is 2.56. The normalized spacial score (nSPS) is 17.1. The maximum atomic E-state index is 12.4. The van der Waals surface area contributed by atoms with Crippen molar-refractivity contribution < 1.29 is 19.1 Å². The Morgan fingerprint density at radius 1 is 1.07 bits per heavy atom. The number of carbonyl (C=O) groups is 2. The molecule has 1 saturated carbocycles. The van der Waals surface area contributed by atoms with Gasteiger partial charge in [-0.05, 0) is 48.9 Å². The highest BCUT2D eigenvalue weighted by Gasteiger charge is 2.29. The summed E-state index contributed by atoms with van der Waals surface area (Å²) in [4.78, 5) is 24.9. The quantitative estimate of drug-likeness (QED) is 0.690. The van der Waals surface area contributed by atoms with Crippen LogP contribution in [0.3, 0.4) is 0 Å². The van der Waals surface area contributed by atoms with Crippen LogP contribution in [0.4, 0.5) is 5.00 Å². The van der Waals surface area contributed by atoms with E-state index in [9.17, 15) is 9.59 Å². The predicted octanol–water partition coefficient (Wildman–Crippen LogP) is 3.72. The number of nitrogens with one attached hydrogen (secondary N) is 2. The van der Waals surface area contributed by atoms with Crippen LogP contribution in [0.2, 0.25) is 0 Å². The lowest BCUT2D eigenvalue weighted by Gasteiger charge is -2.22. The second kappa shape index (κ2) is 9.52. The fraction of sp³-hybridized carbons (Fsp3) is 0.455. The summed E-state index contributed by atoms with van der Waals surface area (Å²) >= 11 is 1.30. The van der Waals surface area contributed by atoms with Crippen LogP contribution in [-0.2, 0) is 27.4 Å². The first-order valence-corrected chi connectivity index (χ1v) is 10.9.